The largest absolute Gasteiger partial charge is 0.496 e. The molecule has 0 amide bonds. The molecule has 1 aromatic carbocycles. The Morgan fingerprint density at radius 3 is 2.53 bits per heavy atom. The molecule has 1 aliphatic rings. The number of hydrogen-bond donors (Lipinski definition) is 1. The summed E-state index contributed by atoms with van der Waals surface area (Å²) in [6, 6.07) is 3.88. The second-order valence-electron chi connectivity index (χ2n) is 5.10. The minimum atomic E-state index is -0.766. The predicted octanol–water partition coefficient (Wildman–Crippen LogP) is 2.91. The van der Waals surface area contributed by atoms with Gasteiger partial charge in [0.1, 0.15) is 11.5 Å². The van der Waals surface area contributed by atoms with Crippen LogP contribution in [0.3, 0.4) is 0 Å². The predicted molar refractivity (Wildman–Crippen MR) is 72.1 cm³/mol. The maximum Gasteiger partial charge on any atom is 0.304 e. The molecule has 0 bridgehead atoms. The molecule has 0 radical (unpaired) electrons. The minimum absolute atomic E-state index is 0.151. The van der Waals surface area contributed by atoms with Crippen molar-refractivity contribution in [3.63, 3.8) is 0 Å². The monoisotopic (exact) mass is 264 g/mol. The first-order chi connectivity index (χ1) is 9.02. The lowest BCUT2D eigenvalue weighted by Gasteiger charge is -2.19. The number of ether oxygens (including phenoxy) is 2. The van der Waals surface area contributed by atoms with Gasteiger partial charge in [0.2, 0.25) is 0 Å². The van der Waals surface area contributed by atoms with E-state index in [1.165, 1.54) is 0 Å². The molecule has 1 saturated carbocycles. The fourth-order valence-electron chi connectivity index (χ4n) is 2.54. The van der Waals surface area contributed by atoms with Gasteiger partial charge < -0.3 is 14.6 Å². The van der Waals surface area contributed by atoms with Crippen LogP contribution in [0.1, 0.15) is 37.3 Å². The normalized spacial score (nSPS) is 15.9. The lowest BCUT2D eigenvalue weighted by Crippen LogP contribution is -2.14. The third-order valence-electron chi connectivity index (χ3n) is 3.71. The van der Waals surface area contributed by atoms with Crippen molar-refractivity contribution in [1.82, 2.24) is 0 Å². The van der Waals surface area contributed by atoms with Gasteiger partial charge in [0.15, 0.2) is 0 Å². The maximum atomic E-state index is 11.0. The van der Waals surface area contributed by atoms with Gasteiger partial charge in [-0.1, -0.05) is 0 Å². The molecule has 4 nitrogen and oxygen atoms in total. The van der Waals surface area contributed by atoms with Crippen LogP contribution >= 0.6 is 0 Å². The summed E-state index contributed by atoms with van der Waals surface area (Å²) in [5, 5.41) is 9.07. The summed E-state index contributed by atoms with van der Waals surface area (Å²) in [4.78, 5) is 11.0. The molecule has 1 aromatic rings. The number of carboxylic acids is 1. The smallest absolute Gasteiger partial charge is 0.304 e. The van der Waals surface area contributed by atoms with Crippen molar-refractivity contribution < 1.29 is 19.4 Å². The Morgan fingerprint density at radius 1 is 1.37 bits per heavy atom. The van der Waals surface area contributed by atoms with E-state index in [9.17, 15) is 4.79 Å². The Kier molecular flexibility index (Phi) is 3.69. The topological polar surface area (TPSA) is 55.8 Å². The average Bonchev–Trinajstić information content (AvgIpc) is 3.11. The lowest BCUT2D eigenvalue weighted by molar-refractivity contribution is -0.137. The summed E-state index contributed by atoms with van der Waals surface area (Å²) < 4.78 is 11.0. The van der Waals surface area contributed by atoms with E-state index < -0.39 is 5.97 Å². The Bertz CT molecular complexity index is 489. The average molecular weight is 264 g/mol. The summed E-state index contributed by atoms with van der Waals surface area (Å²) in [5.41, 5.74) is 1.71. The Hall–Kier alpha value is -1.71. The van der Waals surface area contributed by atoms with Crippen molar-refractivity contribution in [3.05, 3.63) is 23.3 Å². The quantitative estimate of drug-likeness (QED) is 0.858. The first-order valence-electron chi connectivity index (χ1n) is 6.56. The second-order valence-corrected chi connectivity index (χ2v) is 5.10. The number of hydrogen-bond acceptors (Lipinski definition) is 3. The van der Waals surface area contributed by atoms with Gasteiger partial charge in [-0.3, -0.25) is 4.79 Å². The Labute approximate surface area is 113 Å². The van der Waals surface area contributed by atoms with E-state index in [-0.39, 0.29) is 11.8 Å². The van der Waals surface area contributed by atoms with Gasteiger partial charge >= 0.3 is 5.97 Å². The zero-order valence-corrected chi connectivity index (χ0v) is 11.7. The minimum Gasteiger partial charge on any atom is -0.496 e. The van der Waals surface area contributed by atoms with Crippen LogP contribution in [0, 0.1) is 6.92 Å². The van der Waals surface area contributed by atoms with Crippen LogP contribution in [-0.2, 0) is 10.2 Å². The molecule has 0 spiro atoms. The number of carboxylic acid groups (broad SMARTS) is 1. The van der Waals surface area contributed by atoms with E-state index in [1.807, 2.05) is 26.0 Å². The van der Waals surface area contributed by atoms with E-state index >= 15 is 0 Å². The molecule has 1 aliphatic carbocycles. The van der Waals surface area contributed by atoms with E-state index in [4.69, 9.17) is 14.6 Å². The SMILES string of the molecule is CCOc1cc(C2(CC(=O)O)CC2)c(OC)cc1C. The van der Waals surface area contributed by atoms with E-state index in [2.05, 4.69) is 0 Å². The standard InChI is InChI=1S/C15H20O4/c1-4-19-12-8-11(13(18-3)7-10(12)2)15(5-6-15)9-14(16)17/h7-8H,4-6,9H2,1-3H3,(H,16,17). The molecule has 0 saturated heterocycles. The molecule has 1 fully saturated rings. The highest BCUT2D eigenvalue weighted by Crippen LogP contribution is 2.54. The van der Waals surface area contributed by atoms with Crippen molar-refractivity contribution in [3.8, 4) is 11.5 Å². The molecule has 0 heterocycles. The molecule has 4 heteroatoms. The van der Waals surface area contributed by atoms with Gasteiger partial charge in [0, 0.05) is 11.0 Å². The van der Waals surface area contributed by atoms with Gasteiger partial charge in [-0.05, 0) is 44.4 Å². The molecule has 0 aromatic heterocycles. The van der Waals surface area contributed by atoms with Crippen molar-refractivity contribution in [2.45, 2.75) is 38.5 Å². The highest BCUT2D eigenvalue weighted by atomic mass is 16.5. The van der Waals surface area contributed by atoms with Crippen molar-refractivity contribution in [2.24, 2.45) is 0 Å². The summed E-state index contributed by atoms with van der Waals surface area (Å²) in [6.45, 7) is 4.50. The van der Waals surface area contributed by atoms with Gasteiger partial charge in [-0.2, -0.15) is 0 Å². The highest BCUT2D eigenvalue weighted by Gasteiger charge is 2.48. The van der Waals surface area contributed by atoms with Crippen LogP contribution in [0.25, 0.3) is 0 Å². The summed E-state index contributed by atoms with van der Waals surface area (Å²) in [5.74, 6) is 0.813. The first kappa shape index (κ1) is 13.7. The van der Waals surface area contributed by atoms with Crippen molar-refractivity contribution in [2.75, 3.05) is 13.7 Å². The number of methoxy groups -OCH3 is 1. The van der Waals surface area contributed by atoms with Gasteiger partial charge in [0.05, 0.1) is 20.1 Å². The van der Waals surface area contributed by atoms with E-state index in [0.717, 1.165) is 35.5 Å². The van der Waals surface area contributed by atoms with Gasteiger partial charge in [-0.15, -0.1) is 0 Å². The van der Waals surface area contributed by atoms with Crippen LogP contribution in [0.5, 0.6) is 11.5 Å². The molecule has 0 unspecified atom stereocenters. The zero-order valence-electron chi connectivity index (χ0n) is 11.7. The molecular formula is C15H20O4. The van der Waals surface area contributed by atoms with Crippen LogP contribution in [-0.4, -0.2) is 24.8 Å². The lowest BCUT2D eigenvalue weighted by atomic mass is 9.90. The summed E-state index contributed by atoms with van der Waals surface area (Å²) in [7, 11) is 1.62. The highest BCUT2D eigenvalue weighted by molar-refractivity contribution is 5.71. The number of carbonyl (C=O) groups is 1. The zero-order chi connectivity index (χ0) is 14.0. The number of benzene rings is 1. The maximum absolute atomic E-state index is 11.0. The molecule has 0 aliphatic heterocycles. The van der Waals surface area contributed by atoms with Crippen molar-refractivity contribution in [1.29, 1.82) is 0 Å². The van der Waals surface area contributed by atoms with Crippen LogP contribution in [0.2, 0.25) is 0 Å². The van der Waals surface area contributed by atoms with Crippen LogP contribution in [0.15, 0.2) is 12.1 Å². The Balaban J connectivity index is 2.43. The van der Waals surface area contributed by atoms with Crippen LogP contribution in [0.4, 0.5) is 0 Å². The Morgan fingerprint density at radius 2 is 2.05 bits per heavy atom. The van der Waals surface area contributed by atoms with Gasteiger partial charge in [0.25, 0.3) is 0 Å². The molecule has 0 atom stereocenters. The molecule has 1 N–H and O–H groups in total. The number of aryl methyl sites for hydroxylation is 1. The van der Waals surface area contributed by atoms with Crippen LogP contribution < -0.4 is 9.47 Å². The third-order valence-corrected chi connectivity index (χ3v) is 3.71. The van der Waals surface area contributed by atoms with Crippen molar-refractivity contribution >= 4 is 5.97 Å². The molecule has 2 rings (SSSR count). The summed E-state index contributed by atoms with van der Waals surface area (Å²) >= 11 is 0. The molecule has 104 valence electrons. The molecular weight excluding hydrogens is 244 g/mol. The number of rotatable bonds is 6. The first-order valence-corrected chi connectivity index (χ1v) is 6.56. The summed E-state index contributed by atoms with van der Waals surface area (Å²) in [6.07, 6.45) is 1.94. The fraction of sp³-hybridized carbons (Fsp3) is 0.533. The van der Waals surface area contributed by atoms with E-state index in [1.54, 1.807) is 7.11 Å². The van der Waals surface area contributed by atoms with E-state index in [0.29, 0.717) is 6.61 Å². The fourth-order valence-corrected chi connectivity index (χ4v) is 2.54. The second kappa shape index (κ2) is 5.11. The molecule has 19 heavy (non-hydrogen) atoms. The number of aliphatic carboxylic acids is 1. The third kappa shape index (κ3) is 2.67. The van der Waals surface area contributed by atoms with Gasteiger partial charge in [-0.25, -0.2) is 0 Å².